The SMILES string of the molecule is C[C@@]1(F)[C@@H]2OC(=O)c3ccccc3C(=O)OC[C@H]2O[C@@H]1O. The average Bonchev–Trinajstić information content (AvgIpc) is 2.69. The summed E-state index contributed by atoms with van der Waals surface area (Å²) >= 11 is 0. The molecule has 21 heavy (non-hydrogen) atoms. The number of rotatable bonds is 0. The summed E-state index contributed by atoms with van der Waals surface area (Å²) in [4.78, 5) is 24.1. The number of cyclic esters (lactones) is 1. The number of alkyl halides is 1. The second-order valence-electron chi connectivity index (χ2n) is 5.15. The van der Waals surface area contributed by atoms with E-state index >= 15 is 0 Å². The van der Waals surface area contributed by atoms with Crippen LogP contribution in [-0.4, -0.2) is 47.8 Å². The molecule has 2 heterocycles. The molecule has 0 radical (unpaired) electrons. The molecule has 1 aromatic carbocycles. The van der Waals surface area contributed by atoms with Crippen LogP contribution in [0.25, 0.3) is 0 Å². The first-order chi connectivity index (χ1) is 9.91. The summed E-state index contributed by atoms with van der Waals surface area (Å²) in [5.74, 6) is -1.59. The van der Waals surface area contributed by atoms with Crippen molar-refractivity contribution in [1.82, 2.24) is 0 Å². The maximum absolute atomic E-state index is 14.4. The van der Waals surface area contributed by atoms with Gasteiger partial charge in [-0.3, -0.25) is 0 Å². The van der Waals surface area contributed by atoms with E-state index in [0.29, 0.717) is 0 Å². The lowest BCUT2D eigenvalue weighted by molar-refractivity contribution is -0.144. The molecule has 0 spiro atoms. The number of hydrogen-bond donors (Lipinski definition) is 1. The van der Waals surface area contributed by atoms with E-state index in [9.17, 15) is 19.1 Å². The average molecular weight is 296 g/mol. The van der Waals surface area contributed by atoms with Gasteiger partial charge in [0.15, 0.2) is 18.1 Å². The van der Waals surface area contributed by atoms with Gasteiger partial charge < -0.3 is 19.3 Å². The van der Waals surface area contributed by atoms with Crippen LogP contribution < -0.4 is 0 Å². The molecule has 3 rings (SSSR count). The summed E-state index contributed by atoms with van der Waals surface area (Å²) in [5.41, 5.74) is -2.25. The van der Waals surface area contributed by atoms with Gasteiger partial charge in [0.2, 0.25) is 0 Å². The Morgan fingerprint density at radius 1 is 1.24 bits per heavy atom. The fourth-order valence-corrected chi connectivity index (χ4v) is 2.45. The molecule has 0 saturated carbocycles. The predicted molar refractivity (Wildman–Crippen MR) is 66.3 cm³/mol. The van der Waals surface area contributed by atoms with E-state index < -0.39 is 36.1 Å². The first kappa shape index (κ1) is 14.0. The number of carbonyl (C=O) groups excluding carboxylic acids is 2. The molecule has 0 aliphatic carbocycles. The number of ether oxygens (including phenoxy) is 3. The summed E-state index contributed by atoms with van der Waals surface area (Å²) in [6, 6.07) is 5.94. The molecule has 1 fully saturated rings. The first-order valence-electron chi connectivity index (χ1n) is 6.41. The predicted octanol–water partition coefficient (Wildman–Crippen LogP) is 0.828. The van der Waals surface area contributed by atoms with Crippen molar-refractivity contribution in [2.24, 2.45) is 0 Å². The molecule has 6 nitrogen and oxygen atoms in total. The van der Waals surface area contributed by atoms with E-state index in [1.807, 2.05) is 0 Å². The zero-order valence-electron chi connectivity index (χ0n) is 11.1. The van der Waals surface area contributed by atoms with Crippen LogP contribution in [-0.2, 0) is 14.2 Å². The highest BCUT2D eigenvalue weighted by Gasteiger charge is 2.57. The van der Waals surface area contributed by atoms with Crippen molar-refractivity contribution in [3.8, 4) is 0 Å². The third-order valence-corrected chi connectivity index (χ3v) is 3.66. The third kappa shape index (κ3) is 2.18. The molecule has 7 heteroatoms. The lowest BCUT2D eigenvalue weighted by atomic mass is 9.99. The molecule has 4 atom stereocenters. The number of carbonyl (C=O) groups is 2. The molecule has 1 N–H and O–H groups in total. The number of esters is 2. The second-order valence-corrected chi connectivity index (χ2v) is 5.15. The van der Waals surface area contributed by atoms with E-state index in [0.717, 1.165) is 6.92 Å². The third-order valence-electron chi connectivity index (χ3n) is 3.66. The van der Waals surface area contributed by atoms with Crippen LogP contribution in [0.15, 0.2) is 24.3 Å². The molecule has 0 unspecified atom stereocenters. The molecular weight excluding hydrogens is 283 g/mol. The van der Waals surface area contributed by atoms with E-state index in [1.165, 1.54) is 12.1 Å². The van der Waals surface area contributed by atoms with Gasteiger partial charge in [-0.25, -0.2) is 14.0 Å². The normalized spacial score (nSPS) is 35.7. The van der Waals surface area contributed by atoms with Gasteiger partial charge in [-0.05, 0) is 19.1 Å². The minimum atomic E-state index is -2.29. The van der Waals surface area contributed by atoms with Crippen molar-refractivity contribution in [2.75, 3.05) is 6.61 Å². The molecule has 0 amide bonds. The second kappa shape index (κ2) is 4.78. The molecule has 2 aliphatic heterocycles. The van der Waals surface area contributed by atoms with Crippen molar-refractivity contribution in [1.29, 1.82) is 0 Å². The summed E-state index contributed by atoms with van der Waals surface area (Å²) in [6.45, 7) is 0.753. The van der Waals surface area contributed by atoms with Gasteiger partial charge in [-0.2, -0.15) is 0 Å². The summed E-state index contributed by atoms with van der Waals surface area (Å²) in [6.07, 6.45) is -4.18. The minimum absolute atomic E-state index is 0.0136. The Morgan fingerprint density at radius 2 is 1.86 bits per heavy atom. The highest BCUT2D eigenvalue weighted by molar-refractivity contribution is 6.03. The Kier molecular flexibility index (Phi) is 3.18. The minimum Gasteiger partial charge on any atom is -0.459 e. The van der Waals surface area contributed by atoms with E-state index in [2.05, 4.69) is 0 Å². The monoisotopic (exact) mass is 296 g/mol. The van der Waals surface area contributed by atoms with Gasteiger partial charge in [0, 0.05) is 0 Å². The molecule has 112 valence electrons. The quantitative estimate of drug-likeness (QED) is 0.714. The summed E-state index contributed by atoms with van der Waals surface area (Å²) in [5, 5.41) is 9.56. The van der Waals surface area contributed by atoms with Crippen molar-refractivity contribution in [3.05, 3.63) is 35.4 Å². The van der Waals surface area contributed by atoms with Crippen molar-refractivity contribution in [3.63, 3.8) is 0 Å². The Hall–Kier alpha value is -1.99. The van der Waals surface area contributed by atoms with Crippen LogP contribution in [0.5, 0.6) is 0 Å². The van der Waals surface area contributed by atoms with Crippen LogP contribution in [0.1, 0.15) is 27.6 Å². The number of fused-ring (bicyclic) bond motifs is 2. The molecule has 1 aromatic rings. The summed E-state index contributed by atoms with van der Waals surface area (Å²) < 4.78 is 29.6. The maximum atomic E-state index is 14.4. The number of aliphatic hydroxyl groups is 1. The van der Waals surface area contributed by atoms with Gasteiger partial charge >= 0.3 is 11.9 Å². The fraction of sp³-hybridized carbons (Fsp3) is 0.429. The van der Waals surface area contributed by atoms with Crippen LogP contribution in [0.3, 0.4) is 0 Å². The first-order valence-corrected chi connectivity index (χ1v) is 6.41. The topological polar surface area (TPSA) is 82.1 Å². The van der Waals surface area contributed by atoms with Gasteiger partial charge in [0.25, 0.3) is 0 Å². The van der Waals surface area contributed by atoms with Crippen LogP contribution in [0.4, 0.5) is 4.39 Å². The number of benzene rings is 1. The van der Waals surface area contributed by atoms with Gasteiger partial charge in [-0.15, -0.1) is 0 Å². The number of halogens is 1. The Labute approximate surface area is 119 Å². The van der Waals surface area contributed by atoms with Gasteiger partial charge in [0.05, 0.1) is 11.1 Å². The maximum Gasteiger partial charge on any atom is 0.339 e. The summed E-state index contributed by atoms with van der Waals surface area (Å²) in [7, 11) is 0. The van der Waals surface area contributed by atoms with Gasteiger partial charge in [0.1, 0.15) is 12.7 Å². The fourth-order valence-electron chi connectivity index (χ4n) is 2.45. The van der Waals surface area contributed by atoms with Crippen LogP contribution in [0.2, 0.25) is 0 Å². The molecule has 1 saturated heterocycles. The number of hydrogen-bond acceptors (Lipinski definition) is 6. The lowest BCUT2D eigenvalue weighted by Gasteiger charge is -2.24. The highest BCUT2D eigenvalue weighted by atomic mass is 19.1. The largest absolute Gasteiger partial charge is 0.459 e. The Balaban J connectivity index is 2.01. The zero-order valence-corrected chi connectivity index (χ0v) is 11.1. The van der Waals surface area contributed by atoms with Crippen molar-refractivity contribution >= 4 is 11.9 Å². The van der Waals surface area contributed by atoms with Crippen molar-refractivity contribution < 1.29 is 33.3 Å². The Morgan fingerprint density at radius 3 is 2.52 bits per heavy atom. The number of aliphatic hydroxyl groups excluding tert-OH is 1. The molecule has 0 bridgehead atoms. The lowest BCUT2D eigenvalue weighted by Crippen LogP contribution is -2.45. The highest BCUT2D eigenvalue weighted by Crippen LogP contribution is 2.36. The van der Waals surface area contributed by atoms with E-state index in [4.69, 9.17) is 14.2 Å². The van der Waals surface area contributed by atoms with Gasteiger partial charge in [-0.1, -0.05) is 12.1 Å². The molecular formula is C14H13FO6. The zero-order chi connectivity index (χ0) is 15.2. The van der Waals surface area contributed by atoms with Crippen LogP contribution >= 0.6 is 0 Å². The molecule has 0 aromatic heterocycles. The van der Waals surface area contributed by atoms with E-state index in [-0.39, 0.29) is 17.7 Å². The smallest absolute Gasteiger partial charge is 0.339 e. The molecule has 2 aliphatic rings. The van der Waals surface area contributed by atoms with Crippen molar-refractivity contribution in [2.45, 2.75) is 31.1 Å². The van der Waals surface area contributed by atoms with E-state index in [1.54, 1.807) is 12.1 Å². The Bertz CT molecular complexity index is 599. The van der Waals surface area contributed by atoms with Crippen LogP contribution in [0, 0.1) is 0 Å². The standard InChI is InChI=1S/C14H13FO6/c1-14(15)10-9(20-13(14)18)6-19-11(16)7-4-2-3-5-8(7)12(17)21-10/h2-5,9-10,13,18H,6H2,1H3/t9-,10-,13+,14-/m1/s1.